The average molecular weight is 359 g/mol. The predicted octanol–water partition coefficient (Wildman–Crippen LogP) is 5.74. The highest BCUT2D eigenvalue weighted by atomic mass is 32.2. The van der Waals surface area contributed by atoms with Crippen molar-refractivity contribution in [2.75, 3.05) is 7.05 Å². The Hall–Kier alpha value is -2.14. The zero-order chi connectivity index (χ0) is 18.4. The Labute approximate surface area is 154 Å². The molecule has 0 aliphatic carbocycles. The summed E-state index contributed by atoms with van der Waals surface area (Å²) in [4.78, 5) is 13.5. The first-order valence-corrected chi connectivity index (χ1v) is 9.14. The fraction of sp³-hybridized carbons (Fsp3) is 0.350. The van der Waals surface area contributed by atoms with Crippen LogP contribution in [0.15, 0.2) is 53.4 Å². The molecule has 0 atom stereocenters. The highest BCUT2D eigenvalue weighted by Gasteiger charge is 2.18. The first-order chi connectivity index (χ1) is 11.9. The number of hydrogen-bond donors (Lipinski definition) is 0. The maximum absolute atomic E-state index is 12.5. The van der Waals surface area contributed by atoms with E-state index in [-0.39, 0.29) is 6.10 Å². The number of ether oxygens (including phenoxy) is 2. The molecule has 0 heterocycles. The fourth-order valence-electron chi connectivity index (χ4n) is 2.27. The van der Waals surface area contributed by atoms with Crippen LogP contribution in [0.1, 0.15) is 39.2 Å². The van der Waals surface area contributed by atoms with Gasteiger partial charge in [-0.05, 0) is 55.5 Å². The van der Waals surface area contributed by atoms with Gasteiger partial charge < -0.3 is 9.47 Å². The van der Waals surface area contributed by atoms with Gasteiger partial charge in [-0.15, -0.1) is 0 Å². The van der Waals surface area contributed by atoms with E-state index in [2.05, 4.69) is 19.9 Å². The molecule has 4 nitrogen and oxygen atoms in total. The van der Waals surface area contributed by atoms with Crippen LogP contribution in [0.5, 0.6) is 11.5 Å². The van der Waals surface area contributed by atoms with Gasteiger partial charge in [-0.3, -0.25) is 0 Å². The molecule has 2 aromatic rings. The maximum atomic E-state index is 12.5. The van der Waals surface area contributed by atoms with Gasteiger partial charge in [0.15, 0.2) is 11.5 Å². The second-order valence-corrected chi connectivity index (χ2v) is 7.43. The van der Waals surface area contributed by atoms with Gasteiger partial charge in [0.2, 0.25) is 0 Å². The summed E-state index contributed by atoms with van der Waals surface area (Å²) < 4.78 is 12.7. The Morgan fingerprint density at radius 3 is 2.20 bits per heavy atom. The molecule has 1 amide bonds. The van der Waals surface area contributed by atoms with E-state index < -0.39 is 6.09 Å². The predicted molar refractivity (Wildman–Crippen MR) is 102 cm³/mol. The lowest BCUT2D eigenvalue weighted by Crippen LogP contribution is -2.24. The van der Waals surface area contributed by atoms with Crippen molar-refractivity contribution in [2.45, 2.75) is 44.6 Å². The van der Waals surface area contributed by atoms with Crippen molar-refractivity contribution < 1.29 is 14.3 Å². The van der Waals surface area contributed by atoms with Gasteiger partial charge in [-0.1, -0.05) is 44.2 Å². The molecule has 0 N–H and O–H groups in total. The normalized spacial score (nSPS) is 10.8. The van der Waals surface area contributed by atoms with Crippen LogP contribution in [-0.4, -0.2) is 23.6 Å². The van der Waals surface area contributed by atoms with E-state index in [4.69, 9.17) is 9.47 Å². The van der Waals surface area contributed by atoms with Crippen molar-refractivity contribution in [3.8, 4) is 11.5 Å². The number of carbonyl (C=O) groups excluding carboxylic acids is 1. The summed E-state index contributed by atoms with van der Waals surface area (Å²) in [5.41, 5.74) is 1.20. The lowest BCUT2D eigenvalue weighted by Gasteiger charge is -2.20. The smallest absolute Gasteiger partial charge is 0.425 e. The lowest BCUT2D eigenvalue weighted by atomic mass is 10.0. The highest BCUT2D eigenvalue weighted by molar-refractivity contribution is 7.97. The average Bonchev–Trinajstić information content (AvgIpc) is 2.56. The Balaban J connectivity index is 2.09. The third-order valence-electron chi connectivity index (χ3n) is 3.44. The van der Waals surface area contributed by atoms with Crippen LogP contribution in [0, 0.1) is 0 Å². The van der Waals surface area contributed by atoms with Crippen molar-refractivity contribution in [2.24, 2.45) is 0 Å². The third-order valence-corrected chi connectivity index (χ3v) is 4.43. The molecule has 0 saturated carbocycles. The summed E-state index contributed by atoms with van der Waals surface area (Å²) in [6, 6.07) is 15.3. The highest BCUT2D eigenvalue weighted by Crippen LogP contribution is 2.32. The van der Waals surface area contributed by atoms with Crippen molar-refractivity contribution in [1.82, 2.24) is 4.31 Å². The van der Waals surface area contributed by atoms with E-state index in [1.165, 1.54) is 21.8 Å². The second kappa shape index (κ2) is 8.81. The molecule has 0 bridgehead atoms. The van der Waals surface area contributed by atoms with Gasteiger partial charge in [0, 0.05) is 11.9 Å². The van der Waals surface area contributed by atoms with Gasteiger partial charge >= 0.3 is 6.09 Å². The van der Waals surface area contributed by atoms with Crippen LogP contribution in [0.4, 0.5) is 4.79 Å². The fourth-order valence-corrected chi connectivity index (χ4v) is 3.22. The minimum absolute atomic E-state index is 0.00451. The molecule has 2 aromatic carbocycles. The van der Waals surface area contributed by atoms with Gasteiger partial charge in [0.25, 0.3) is 0 Å². The molecule has 2 rings (SSSR count). The van der Waals surface area contributed by atoms with E-state index in [9.17, 15) is 4.79 Å². The number of rotatable bonds is 6. The number of carbonyl (C=O) groups is 1. The van der Waals surface area contributed by atoms with Crippen LogP contribution in [0.2, 0.25) is 0 Å². The molecule has 0 radical (unpaired) electrons. The largest absolute Gasteiger partial charge is 0.487 e. The summed E-state index contributed by atoms with van der Waals surface area (Å²) in [5, 5.41) is 0. The molecular formula is C20H25NO3S. The zero-order valence-electron chi connectivity index (χ0n) is 15.4. The maximum Gasteiger partial charge on any atom is 0.425 e. The van der Waals surface area contributed by atoms with Gasteiger partial charge in [-0.2, -0.15) is 0 Å². The molecule has 0 aliphatic rings. The topological polar surface area (TPSA) is 38.8 Å². The SMILES string of the molecule is CC(C)Oc1ccccc1OC(=O)N(C)Sc1ccccc1C(C)C. The molecular weight excluding hydrogens is 334 g/mol. The quantitative estimate of drug-likeness (QED) is 0.617. The molecule has 0 unspecified atom stereocenters. The van der Waals surface area contributed by atoms with Crippen LogP contribution in [-0.2, 0) is 0 Å². The molecule has 134 valence electrons. The van der Waals surface area contributed by atoms with E-state index >= 15 is 0 Å². The van der Waals surface area contributed by atoms with Crippen molar-refractivity contribution in [1.29, 1.82) is 0 Å². The number of amides is 1. The number of benzene rings is 2. The van der Waals surface area contributed by atoms with Crippen molar-refractivity contribution in [3.63, 3.8) is 0 Å². The summed E-state index contributed by atoms with van der Waals surface area (Å²) in [7, 11) is 1.70. The molecule has 0 saturated heterocycles. The summed E-state index contributed by atoms with van der Waals surface area (Å²) in [5.74, 6) is 1.37. The number of hydrogen-bond acceptors (Lipinski definition) is 4. The van der Waals surface area contributed by atoms with Crippen LogP contribution in [0.25, 0.3) is 0 Å². The minimum Gasteiger partial charge on any atom is -0.487 e. The van der Waals surface area contributed by atoms with Crippen molar-refractivity contribution >= 4 is 18.0 Å². The molecule has 25 heavy (non-hydrogen) atoms. The summed E-state index contributed by atoms with van der Waals surface area (Å²) in [6.07, 6.45) is -0.437. The number of nitrogens with zero attached hydrogens (tertiary/aromatic N) is 1. The number of para-hydroxylation sites is 2. The molecule has 0 spiro atoms. The van der Waals surface area contributed by atoms with Crippen LogP contribution < -0.4 is 9.47 Å². The van der Waals surface area contributed by atoms with E-state index in [0.717, 1.165) is 4.90 Å². The van der Waals surface area contributed by atoms with Crippen LogP contribution >= 0.6 is 11.9 Å². The molecule has 0 aromatic heterocycles. The Kier molecular flexibility index (Phi) is 6.76. The first-order valence-electron chi connectivity index (χ1n) is 8.36. The third kappa shape index (κ3) is 5.43. The Morgan fingerprint density at radius 2 is 1.56 bits per heavy atom. The van der Waals surface area contributed by atoms with Gasteiger partial charge in [0.05, 0.1) is 6.10 Å². The lowest BCUT2D eigenvalue weighted by molar-refractivity contribution is 0.180. The Morgan fingerprint density at radius 1 is 0.960 bits per heavy atom. The summed E-state index contributed by atoms with van der Waals surface area (Å²) >= 11 is 1.36. The molecule has 0 fully saturated rings. The summed E-state index contributed by atoms with van der Waals surface area (Å²) in [6.45, 7) is 8.14. The van der Waals surface area contributed by atoms with Crippen LogP contribution in [0.3, 0.4) is 0 Å². The Bertz CT molecular complexity index is 716. The monoisotopic (exact) mass is 359 g/mol. The molecule has 0 aliphatic heterocycles. The van der Waals surface area contributed by atoms with E-state index in [1.807, 2.05) is 44.2 Å². The van der Waals surface area contributed by atoms with Crippen molar-refractivity contribution in [3.05, 3.63) is 54.1 Å². The second-order valence-electron chi connectivity index (χ2n) is 6.26. The zero-order valence-corrected chi connectivity index (χ0v) is 16.2. The van der Waals surface area contributed by atoms with E-state index in [1.54, 1.807) is 19.2 Å². The van der Waals surface area contributed by atoms with E-state index in [0.29, 0.717) is 17.4 Å². The first kappa shape index (κ1) is 19.2. The molecule has 5 heteroatoms. The standard InChI is InChI=1S/C20H25NO3S/c1-14(2)16-10-6-9-13-19(16)25-21(5)20(22)24-18-12-8-7-11-17(18)23-15(3)4/h6-15H,1-5H3. The minimum atomic E-state index is -0.441. The van der Waals surface area contributed by atoms with Gasteiger partial charge in [0.1, 0.15) is 0 Å². The van der Waals surface area contributed by atoms with Gasteiger partial charge in [-0.25, -0.2) is 9.10 Å².